The average Bonchev–Trinajstić information content (AvgIpc) is 2.61. The molecule has 3 aliphatic rings. The third-order valence-corrected chi connectivity index (χ3v) is 5.33. The summed E-state index contributed by atoms with van der Waals surface area (Å²) in [5, 5.41) is 0. The van der Waals surface area contributed by atoms with Gasteiger partial charge in [0.2, 0.25) is 0 Å². The standard InChI is InChI=1S/C20H20O2/c1-3-19-10-13-20(14-11-19,15-12-19)9-8-16-4-6-17(7-5-16)18(21)22-2/h1,4-7H,10-15H2,2H3. The second-order valence-electron chi connectivity index (χ2n) is 6.52. The van der Waals surface area contributed by atoms with Crippen LogP contribution in [0.5, 0.6) is 0 Å². The Kier molecular flexibility index (Phi) is 3.71. The lowest BCUT2D eigenvalue weighted by atomic mass is 9.54. The van der Waals surface area contributed by atoms with Crippen LogP contribution in [0.25, 0.3) is 0 Å². The summed E-state index contributed by atoms with van der Waals surface area (Å²) in [5.74, 6) is 9.51. The fraction of sp³-hybridized carbons (Fsp3) is 0.450. The van der Waals surface area contributed by atoms with Crippen LogP contribution in [0.2, 0.25) is 0 Å². The van der Waals surface area contributed by atoms with Crippen molar-refractivity contribution in [2.75, 3.05) is 7.11 Å². The number of hydrogen-bond donors (Lipinski definition) is 0. The zero-order valence-electron chi connectivity index (χ0n) is 12.9. The molecule has 3 fully saturated rings. The molecule has 4 rings (SSSR count). The molecule has 0 spiro atoms. The summed E-state index contributed by atoms with van der Waals surface area (Å²) >= 11 is 0. The van der Waals surface area contributed by atoms with Crippen LogP contribution in [-0.2, 0) is 4.74 Å². The maximum absolute atomic E-state index is 11.4. The molecule has 22 heavy (non-hydrogen) atoms. The Balaban J connectivity index is 1.74. The highest BCUT2D eigenvalue weighted by molar-refractivity contribution is 5.89. The molecule has 0 atom stereocenters. The lowest BCUT2D eigenvalue weighted by Crippen LogP contribution is -2.39. The van der Waals surface area contributed by atoms with E-state index in [1.54, 1.807) is 12.1 Å². The number of ether oxygens (including phenoxy) is 1. The molecule has 2 nitrogen and oxygen atoms in total. The molecule has 3 aliphatic carbocycles. The minimum atomic E-state index is -0.316. The van der Waals surface area contributed by atoms with E-state index < -0.39 is 0 Å². The van der Waals surface area contributed by atoms with E-state index in [0.717, 1.165) is 44.1 Å². The van der Waals surface area contributed by atoms with E-state index in [0.29, 0.717) is 5.56 Å². The van der Waals surface area contributed by atoms with Crippen molar-refractivity contribution in [1.82, 2.24) is 0 Å². The highest BCUT2D eigenvalue weighted by Crippen LogP contribution is 2.56. The Morgan fingerprint density at radius 2 is 1.59 bits per heavy atom. The number of fused-ring (bicyclic) bond motifs is 3. The van der Waals surface area contributed by atoms with Crippen LogP contribution in [-0.4, -0.2) is 13.1 Å². The zero-order valence-corrected chi connectivity index (χ0v) is 12.9. The third kappa shape index (κ3) is 2.62. The molecule has 3 saturated carbocycles. The van der Waals surface area contributed by atoms with Crippen molar-refractivity contribution < 1.29 is 9.53 Å². The molecular formula is C20H20O2. The van der Waals surface area contributed by atoms with Gasteiger partial charge in [0.1, 0.15) is 0 Å². The Hall–Kier alpha value is -2.19. The van der Waals surface area contributed by atoms with Gasteiger partial charge in [0.25, 0.3) is 0 Å². The molecule has 0 heterocycles. The number of rotatable bonds is 1. The van der Waals surface area contributed by atoms with Crippen molar-refractivity contribution in [2.24, 2.45) is 10.8 Å². The van der Waals surface area contributed by atoms with Gasteiger partial charge >= 0.3 is 5.97 Å². The highest BCUT2D eigenvalue weighted by Gasteiger charge is 2.46. The summed E-state index contributed by atoms with van der Waals surface area (Å²) in [4.78, 5) is 11.4. The van der Waals surface area contributed by atoms with E-state index in [-0.39, 0.29) is 16.8 Å². The van der Waals surface area contributed by atoms with Crippen molar-refractivity contribution in [1.29, 1.82) is 0 Å². The molecule has 0 unspecified atom stereocenters. The fourth-order valence-electron chi connectivity index (χ4n) is 3.60. The van der Waals surface area contributed by atoms with Crippen LogP contribution in [0.4, 0.5) is 0 Å². The monoisotopic (exact) mass is 292 g/mol. The SMILES string of the molecule is C#CC12CCC(C#Cc3ccc(C(=O)OC)cc3)(CC1)CC2. The molecule has 0 saturated heterocycles. The number of hydrogen-bond acceptors (Lipinski definition) is 2. The van der Waals surface area contributed by atoms with Crippen LogP contribution in [0, 0.1) is 35.0 Å². The third-order valence-electron chi connectivity index (χ3n) is 5.33. The van der Waals surface area contributed by atoms with Gasteiger partial charge in [0.05, 0.1) is 12.7 Å². The first-order valence-electron chi connectivity index (χ1n) is 7.80. The van der Waals surface area contributed by atoms with E-state index in [1.807, 2.05) is 12.1 Å². The first kappa shape index (κ1) is 14.7. The molecule has 2 heteroatoms. The predicted octanol–water partition coefficient (Wildman–Crippen LogP) is 3.80. The minimum absolute atomic E-state index is 0.152. The fourth-order valence-corrected chi connectivity index (χ4v) is 3.60. The summed E-state index contributed by atoms with van der Waals surface area (Å²) in [5.41, 5.74) is 1.81. The summed E-state index contributed by atoms with van der Waals surface area (Å²) in [6, 6.07) is 7.29. The van der Waals surface area contributed by atoms with Crippen molar-refractivity contribution in [2.45, 2.75) is 38.5 Å². The van der Waals surface area contributed by atoms with Gasteiger partial charge in [0, 0.05) is 16.4 Å². The van der Waals surface area contributed by atoms with E-state index in [2.05, 4.69) is 17.8 Å². The summed E-state index contributed by atoms with van der Waals surface area (Å²) < 4.78 is 4.70. The van der Waals surface area contributed by atoms with E-state index in [1.165, 1.54) is 7.11 Å². The number of esters is 1. The normalized spacial score (nSPS) is 29.1. The zero-order chi connectivity index (χ0) is 15.6. The maximum Gasteiger partial charge on any atom is 0.337 e. The van der Waals surface area contributed by atoms with E-state index in [9.17, 15) is 4.79 Å². The highest BCUT2D eigenvalue weighted by atomic mass is 16.5. The molecule has 2 bridgehead atoms. The van der Waals surface area contributed by atoms with Gasteiger partial charge in [0.15, 0.2) is 0 Å². The first-order valence-corrected chi connectivity index (χ1v) is 7.80. The smallest absolute Gasteiger partial charge is 0.337 e. The second kappa shape index (κ2) is 5.54. The topological polar surface area (TPSA) is 26.3 Å². The van der Waals surface area contributed by atoms with E-state index >= 15 is 0 Å². The van der Waals surface area contributed by atoms with Crippen LogP contribution in [0.15, 0.2) is 24.3 Å². The number of methoxy groups -OCH3 is 1. The van der Waals surface area contributed by atoms with Gasteiger partial charge in [-0.3, -0.25) is 0 Å². The van der Waals surface area contributed by atoms with Gasteiger partial charge in [-0.2, -0.15) is 0 Å². The second-order valence-corrected chi connectivity index (χ2v) is 6.52. The number of carbonyl (C=O) groups excluding carboxylic acids is 1. The van der Waals surface area contributed by atoms with Gasteiger partial charge in [-0.1, -0.05) is 17.8 Å². The Morgan fingerprint density at radius 3 is 2.09 bits per heavy atom. The largest absolute Gasteiger partial charge is 0.465 e. The molecule has 0 radical (unpaired) electrons. The Bertz CT molecular complexity index is 655. The predicted molar refractivity (Wildman–Crippen MR) is 86.1 cm³/mol. The summed E-state index contributed by atoms with van der Waals surface area (Å²) in [6.07, 6.45) is 12.4. The maximum atomic E-state index is 11.4. The number of benzene rings is 1. The lowest BCUT2D eigenvalue weighted by molar-refractivity contribution is 0.0600. The van der Waals surface area contributed by atoms with Crippen LogP contribution in [0.1, 0.15) is 54.4 Å². The molecule has 0 aromatic heterocycles. The average molecular weight is 292 g/mol. The molecule has 0 N–H and O–H groups in total. The summed E-state index contributed by atoms with van der Waals surface area (Å²) in [7, 11) is 1.39. The van der Waals surface area contributed by atoms with Gasteiger partial charge in [-0.15, -0.1) is 6.42 Å². The molecule has 0 aliphatic heterocycles. The van der Waals surface area contributed by atoms with Crippen molar-refractivity contribution >= 4 is 5.97 Å². The lowest BCUT2D eigenvalue weighted by Gasteiger charge is -2.48. The number of terminal acetylenes is 1. The molecule has 1 aromatic rings. The van der Waals surface area contributed by atoms with Gasteiger partial charge in [-0.05, 0) is 62.8 Å². The molecular weight excluding hydrogens is 272 g/mol. The van der Waals surface area contributed by atoms with Gasteiger partial charge < -0.3 is 4.74 Å². The van der Waals surface area contributed by atoms with Crippen LogP contribution < -0.4 is 0 Å². The van der Waals surface area contributed by atoms with Gasteiger partial charge in [-0.25, -0.2) is 4.79 Å². The van der Waals surface area contributed by atoms with Crippen molar-refractivity contribution in [3.05, 3.63) is 35.4 Å². The van der Waals surface area contributed by atoms with Crippen molar-refractivity contribution in [3.63, 3.8) is 0 Å². The Morgan fingerprint density at radius 1 is 1.05 bits per heavy atom. The first-order chi connectivity index (χ1) is 10.6. The number of carbonyl (C=O) groups is 1. The van der Waals surface area contributed by atoms with Crippen molar-refractivity contribution in [3.8, 4) is 24.2 Å². The minimum Gasteiger partial charge on any atom is -0.465 e. The summed E-state index contributed by atoms with van der Waals surface area (Å²) in [6.45, 7) is 0. The van der Waals surface area contributed by atoms with Crippen LogP contribution in [0.3, 0.4) is 0 Å². The molecule has 0 amide bonds. The molecule has 112 valence electrons. The molecule has 1 aromatic carbocycles. The van der Waals surface area contributed by atoms with Crippen LogP contribution >= 0.6 is 0 Å². The van der Waals surface area contributed by atoms with E-state index in [4.69, 9.17) is 11.2 Å². The quantitative estimate of drug-likeness (QED) is 0.581. The Labute approximate surface area is 132 Å².